The lowest BCUT2D eigenvalue weighted by molar-refractivity contribution is 0.399. The van der Waals surface area contributed by atoms with Gasteiger partial charge >= 0.3 is 0 Å². The second kappa shape index (κ2) is 7.52. The van der Waals surface area contributed by atoms with Crippen LogP contribution in [0.15, 0.2) is 35.4 Å². The highest BCUT2D eigenvalue weighted by Gasteiger charge is 2.20. The molecule has 1 aromatic carbocycles. The third kappa shape index (κ3) is 4.02. The average Bonchev–Trinajstić information content (AvgIpc) is 2.84. The lowest BCUT2D eigenvalue weighted by atomic mass is 10.2. The van der Waals surface area contributed by atoms with E-state index in [4.69, 9.17) is 4.74 Å². The van der Waals surface area contributed by atoms with E-state index in [9.17, 15) is 0 Å². The molecule has 0 amide bonds. The fourth-order valence-corrected chi connectivity index (χ4v) is 3.43. The normalized spacial score (nSPS) is 12.4. The molecule has 4 nitrogen and oxygen atoms in total. The van der Waals surface area contributed by atoms with E-state index in [1.54, 1.807) is 13.3 Å². The van der Waals surface area contributed by atoms with Crippen molar-refractivity contribution < 1.29 is 4.74 Å². The number of aryl methyl sites for hydroxylation is 2. The first-order valence-electron chi connectivity index (χ1n) is 7.14. The number of nitrogens with zero attached hydrogens (tertiary/aromatic N) is 2. The van der Waals surface area contributed by atoms with E-state index < -0.39 is 0 Å². The van der Waals surface area contributed by atoms with Crippen LogP contribution in [0.3, 0.4) is 0 Å². The number of methoxy groups -OCH3 is 1. The number of hydrogen-bond donors (Lipinski definition) is 1. The summed E-state index contributed by atoms with van der Waals surface area (Å²) in [6, 6.07) is 8.80. The minimum Gasteiger partial charge on any atom is -0.493 e. The Labute approximate surface area is 130 Å². The minimum atomic E-state index is 0.211. The van der Waals surface area contributed by atoms with Crippen molar-refractivity contribution in [1.29, 1.82) is 0 Å². The Morgan fingerprint density at radius 1 is 1.43 bits per heavy atom. The number of rotatable bonds is 7. The van der Waals surface area contributed by atoms with Gasteiger partial charge in [-0.3, -0.25) is 4.68 Å². The molecule has 0 aliphatic carbocycles. The maximum atomic E-state index is 5.43. The van der Waals surface area contributed by atoms with Crippen molar-refractivity contribution >= 4 is 11.8 Å². The van der Waals surface area contributed by atoms with E-state index >= 15 is 0 Å². The summed E-state index contributed by atoms with van der Waals surface area (Å²) in [4.78, 5) is 1.29. The van der Waals surface area contributed by atoms with Crippen molar-refractivity contribution in [3.05, 3.63) is 41.7 Å². The summed E-state index contributed by atoms with van der Waals surface area (Å²) in [7, 11) is 3.65. The first-order chi connectivity index (χ1) is 10.2. The van der Waals surface area contributed by atoms with E-state index in [1.807, 2.05) is 23.5 Å². The number of thioether (sulfide) groups is 1. The van der Waals surface area contributed by atoms with Gasteiger partial charge in [0, 0.05) is 17.7 Å². The molecule has 2 aromatic rings. The van der Waals surface area contributed by atoms with Crippen LogP contribution in [0, 0.1) is 6.92 Å². The second-order valence-corrected chi connectivity index (χ2v) is 6.05. The van der Waals surface area contributed by atoms with Gasteiger partial charge in [-0.25, -0.2) is 0 Å². The Hall–Kier alpha value is -1.46. The first kappa shape index (κ1) is 15.9. The zero-order valence-electron chi connectivity index (χ0n) is 13.1. The summed E-state index contributed by atoms with van der Waals surface area (Å²) in [5.74, 6) is 1.78. The molecular weight excluding hydrogens is 282 g/mol. The summed E-state index contributed by atoms with van der Waals surface area (Å²) in [5, 5.41) is 7.83. The number of hydrogen-bond acceptors (Lipinski definition) is 4. The van der Waals surface area contributed by atoms with Crippen LogP contribution in [-0.2, 0) is 7.05 Å². The largest absolute Gasteiger partial charge is 0.493 e. The van der Waals surface area contributed by atoms with E-state index in [2.05, 4.69) is 48.5 Å². The highest BCUT2D eigenvalue weighted by atomic mass is 32.2. The quantitative estimate of drug-likeness (QED) is 0.798. The Bertz CT molecular complexity index is 583. The van der Waals surface area contributed by atoms with Crippen molar-refractivity contribution in [3.8, 4) is 5.75 Å². The molecule has 0 saturated carbocycles. The van der Waals surface area contributed by atoms with Gasteiger partial charge < -0.3 is 10.1 Å². The maximum absolute atomic E-state index is 5.43. The fourth-order valence-electron chi connectivity index (χ4n) is 2.35. The second-order valence-electron chi connectivity index (χ2n) is 4.96. The molecule has 0 spiro atoms. The van der Waals surface area contributed by atoms with Gasteiger partial charge in [0.15, 0.2) is 5.75 Å². The molecule has 1 unspecified atom stereocenters. The molecule has 1 atom stereocenters. The number of nitrogens with one attached hydrogen (secondary N) is 1. The number of ether oxygens (including phenoxy) is 1. The minimum absolute atomic E-state index is 0.211. The van der Waals surface area contributed by atoms with Crippen LogP contribution in [0.5, 0.6) is 5.75 Å². The van der Waals surface area contributed by atoms with E-state index in [1.165, 1.54) is 10.5 Å². The average molecular weight is 305 g/mol. The van der Waals surface area contributed by atoms with Crippen LogP contribution in [0.4, 0.5) is 0 Å². The van der Waals surface area contributed by atoms with Gasteiger partial charge in [-0.2, -0.15) is 5.10 Å². The molecule has 0 saturated heterocycles. The number of aromatic nitrogens is 2. The van der Waals surface area contributed by atoms with Gasteiger partial charge in [-0.1, -0.05) is 24.6 Å². The summed E-state index contributed by atoms with van der Waals surface area (Å²) in [5.41, 5.74) is 2.39. The lowest BCUT2D eigenvalue weighted by Crippen LogP contribution is -2.25. The Morgan fingerprint density at radius 3 is 2.90 bits per heavy atom. The van der Waals surface area contributed by atoms with Gasteiger partial charge in [-0.15, -0.1) is 11.8 Å². The molecular formula is C16H23N3OS. The smallest absolute Gasteiger partial charge is 0.161 e. The molecule has 0 fully saturated rings. The van der Waals surface area contributed by atoms with E-state index in [-0.39, 0.29) is 6.04 Å². The topological polar surface area (TPSA) is 39.1 Å². The molecule has 2 rings (SSSR count). The van der Waals surface area contributed by atoms with Crippen molar-refractivity contribution in [2.45, 2.75) is 24.8 Å². The summed E-state index contributed by atoms with van der Waals surface area (Å²) in [6.45, 7) is 5.15. The van der Waals surface area contributed by atoms with E-state index in [0.717, 1.165) is 23.7 Å². The van der Waals surface area contributed by atoms with Crippen LogP contribution in [0.1, 0.15) is 24.2 Å². The molecule has 1 heterocycles. The first-order valence-corrected chi connectivity index (χ1v) is 8.13. The van der Waals surface area contributed by atoms with Crippen LogP contribution in [0.25, 0.3) is 0 Å². The van der Waals surface area contributed by atoms with Crippen molar-refractivity contribution in [2.24, 2.45) is 7.05 Å². The third-order valence-corrected chi connectivity index (χ3v) is 4.44. The molecule has 1 aromatic heterocycles. The molecule has 0 aliphatic heterocycles. The summed E-state index contributed by atoms with van der Waals surface area (Å²) < 4.78 is 7.32. The SMILES string of the molecule is CCNC(CSc1cccc(C)c1)c1c(OC)cnn1C. The van der Waals surface area contributed by atoms with Crippen LogP contribution in [-0.4, -0.2) is 29.2 Å². The van der Waals surface area contributed by atoms with Gasteiger partial charge in [-0.05, 0) is 25.6 Å². The van der Waals surface area contributed by atoms with Gasteiger partial charge in [0.05, 0.1) is 25.0 Å². The molecule has 114 valence electrons. The highest BCUT2D eigenvalue weighted by Crippen LogP contribution is 2.30. The third-order valence-electron chi connectivity index (χ3n) is 3.36. The monoisotopic (exact) mass is 305 g/mol. The van der Waals surface area contributed by atoms with Gasteiger partial charge in [0.1, 0.15) is 0 Å². The zero-order chi connectivity index (χ0) is 15.2. The Morgan fingerprint density at radius 2 is 2.24 bits per heavy atom. The summed E-state index contributed by atoms with van der Waals surface area (Å²) >= 11 is 1.85. The maximum Gasteiger partial charge on any atom is 0.161 e. The zero-order valence-corrected chi connectivity index (χ0v) is 13.9. The predicted octanol–water partition coefficient (Wildman–Crippen LogP) is 3.18. The van der Waals surface area contributed by atoms with Crippen molar-refractivity contribution in [1.82, 2.24) is 15.1 Å². The van der Waals surface area contributed by atoms with Crippen molar-refractivity contribution in [2.75, 3.05) is 19.4 Å². The summed E-state index contributed by atoms with van der Waals surface area (Å²) in [6.07, 6.45) is 1.77. The van der Waals surface area contributed by atoms with Gasteiger partial charge in [0.2, 0.25) is 0 Å². The van der Waals surface area contributed by atoms with Crippen LogP contribution >= 0.6 is 11.8 Å². The van der Waals surface area contributed by atoms with Crippen molar-refractivity contribution in [3.63, 3.8) is 0 Å². The molecule has 0 radical (unpaired) electrons. The lowest BCUT2D eigenvalue weighted by Gasteiger charge is -2.19. The van der Waals surface area contributed by atoms with E-state index in [0.29, 0.717) is 0 Å². The number of benzene rings is 1. The molecule has 5 heteroatoms. The Kier molecular flexibility index (Phi) is 5.70. The fraction of sp³-hybridized carbons (Fsp3) is 0.438. The molecule has 1 N–H and O–H groups in total. The predicted molar refractivity (Wildman–Crippen MR) is 88.1 cm³/mol. The van der Waals surface area contributed by atoms with Crippen LogP contribution < -0.4 is 10.1 Å². The van der Waals surface area contributed by atoms with Crippen LogP contribution in [0.2, 0.25) is 0 Å². The Balaban J connectivity index is 2.14. The molecule has 0 bridgehead atoms. The molecule has 0 aliphatic rings. The highest BCUT2D eigenvalue weighted by molar-refractivity contribution is 7.99. The standard InChI is InChI=1S/C16H23N3OS/c1-5-17-14(16-15(20-4)10-18-19(16)3)11-21-13-8-6-7-12(2)9-13/h6-10,14,17H,5,11H2,1-4H3. The van der Waals surface area contributed by atoms with Gasteiger partial charge in [0.25, 0.3) is 0 Å². The molecule has 21 heavy (non-hydrogen) atoms.